The smallest absolute Gasteiger partial charge is 0.150 e. The number of nitrogens with two attached hydrogens (primary N) is 1. The molecule has 0 bridgehead atoms. The summed E-state index contributed by atoms with van der Waals surface area (Å²) in [7, 11) is 2.04. The maximum Gasteiger partial charge on any atom is 0.150 e. The van der Waals surface area contributed by atoms with Crippen molar-refractivity contribution >= 4 is 22.9 Å². The molecular formula is C14H19F2N3S. The molecule has 1 saturated heterocycles. The molecule has 0 aliphatic carbocycles. The molecule has 110 valence electrons. The van der Waals surface area contributed by atoms with Crippen LogP contribution in [0, 0.1) is 11.6 Å². The highest BCUT2D eigenvalue weighted by Crippen LogP contribution is 2.27. The second kappa shape index (κ2) is 6.01. The fourth-order valence-electron chi connectivity index (χ4n) is 2.60. The summed E-state index contributed by atoms with van der Waals surface area (Å²) < 4.78 is 28.3. The van der Waals surface area contributed by atoms with Gasteiger partial charge in [-0.1, -0.05) is 19.1 Å². The van der Waals surface area contributed by atoms with Crippen LogP contribution in [-0.4, -0.2) is 42.6 Å². The summed E-state index contributed by atoms with van der Waals surface area (Å²) in [6, 6.07) is 2.72. The Balaban J connectivity index is 2.31. The SMILES string of the molecule is CCC1CN(c2c(F)cc(C(N)=S)cc2F)CCN1C. The van der Waals surface area contributed by atoms with Gasteiger partial charge in [0.1, 0.15) is 22.3 Å². The quantitative estimate of drug-likeness (QED) is 0.867. The number of benzene rings is 1. The number of halogens is 2. The number of anilines is 1. The summed E-state index contributed by atoms with van der Waals surface area (Å²) in [5.41, 5.74) is 5.67. The third-order valence-corrected chi connectivity index (χ3v) is 4.10. The molecule has 1 unspecified atom stereocenters. The first-order valence-corrected chi connectivity index (χ1v) is 7.09. The van der Waals surface area contributed by atoms with Gasteiger partial charge in [0.25, 0.3) is 0 Å². The maximum atomic E-state index is 14.2. The van der Waals surface area contributed by atoms with Gasteiger partial charge in [0.05, 0.1) is 0 Å². The fourth-order valence-corrected chi connectivity index (χ4v) is 2.72. The van der Waals surface area contributed by atoms with Crippen LogP contribution in [0.15, 0.2) is 12.1 Å². The van der Waals surface area contributed by atoms with Gasteiger partial charge in [-0.15, -0.1) is 0 Å². The molecule has 1 atom stereocenters. The van der Waals surface area contributed by atoms with Crippen molar-refractivity contribution in [2.75, 3.05) is 31.6 Å². The molecular weight excluding hydrogens is 280 g/mol. The lowest BCUT2D eigenvalue weighted by molar-refractivity contribution is 0.212. The molecule has 2 rings (SSSR count). The van der Waals surface area contributed by atoms with Crippen LogP contribution in [0.5, 0.6) is 0 Å². The number of piperazine rings is 1. The van der Waals surface area contributed by atoms with Crippen LogP contribution < -0.4 is 10.6 Å². The largest absolute Gasteiger partial charge is 0.389 e. The lowest BCUT2D eigenvalue weighted by Crippen LogP contribution is -2.51. The predicted octanol–water partition coefficient (Wildman–Crippen LogP) is 2.13. The molecule has 0 saturated carbocycles. The zero-order chi connectivity index (χ0) is 14.9. The van der Waals surface area contributed by atoms with Crippen LogP contribution >= 0.6 is 12.2 Å². The summed E-state index contributed by atoms with van der Waals surface area (Å²) in [5, 5.41) is 0. The van der Waals surface area contributed by atoms with Gasteiger partial charge in [-0.2, -0.15) is 0 Å². The van der Waals surface area contributed by atoms with E-state index in [4.69, 9.17) is 18.0 Å². The first-order chi connectivity index (χ1) is 9.43. The number of hydrogen-bond acceptors (Lipinski definition) is 3. The molecule has 0 spiro atoms. The Kier molecular flexibility index (Phi) is 4.55. The monoisotopic (exact) mass is 299 g/mol. The van der Waals surface area contributed by atoms with E-state index in [1.165, 1.54) is 12.1 Å². The summed E-state index contributed by atoms with van der Waals surface area (Å²) in [5.74, 6) is -1.21. The number of nitrogens with zero attached hydrogens (tertiary/aromatic N) is 2. The number of rotatable bonds is 3. The number of likely N-dealkylation sites (N-methyl/N-ethyl adjacent to an activating group) is 1. The normalized spacial score (nSPS) is 20.2. The van der Waals surface area contributed by atoms with E-state index in [2.05, 4.69) is 11.8 Å². The Hall–Kier alpha value is -1.27. The van der Waals surface area contributed by atoms with Crippen LogP contribution in [0.1, 0.15) is 18.9 Å². The molecule has 1 aliphatic rings. The van der Waals surface area contributed by atoms with E-state index in [-0.39, 0.29) is 16.2 Å². The predicted molar refractivity (Wildman–Crippen MR) is 81.2 cm³/mol. The minimum atomic E-state index is -0.604. The molecule has 1 aliphatic heterocycles. The Morgan fingerprint density at radius 3 is 2.45 bits per heavy atom. The van der Waals surface area contributed by atoms with Crippen LogP contribution in [0.25, 0.3) is 0 Å². The molecule has 1 aromatic carbocycles. The minimum absolute atomic E-state index is 0.000776. The van der Waals surface area contributed by atoms with E-state index in [9.17, 15) is 8.78 Å². The van der Waals surface area contributed by atoms with Gasteiger partial charge in [-0.05, 0) is 25.6 Å². The van der Waals surface area contributed by atoms with Crippen LogP contribution in [0.4, 0.5) is 14.5 Å². The highest BCUT2D eigenvalue weighted by Gasteiger charge is 2.27. The van der Waals surface area contributed by atoms with Crippen molar-refractivity contribution < 1.29 is 8.78 Å². The van der Waals surface area contributed by atoms with Gasteiger partial charge < -0.3 is 10.6 Å². The van der Waals surface area contributed by atoms with E-state index < -0.39 is 11.6 Å². The average molecular weight is 299 g/mol. The summed E-state index contributed by atoms with van der Waals surface area (Å²) in [6.45, 7) is 4.09. The van der Waals surface area contributed by atoms with E-state index in [0.29, 0.717) is 19.1 Å². The van der Waals surface area contributed by atoms with Crippen molar-refractivity contribution in [3.05, 3.63) is 29.3 Å². The molecule has 1 heterocycles. The molecule has 0 amide bonds. The zero-order valence-corrected chi connectivity index (χ0v) is 12.5. The van der Waals surface area contributed by atoms with Crippen molar-refractivity contribution in [1.29, 1.82) is 0 Å². The number of hydrogen-bond donors (Lipinski definition) is 1. The van der Waals surface area contributed by atoms with Crippen LogP contribution in [0.3, 0.4) is 0 Å². The van der Waals surface area contributed by atoms with E-state index in [1.54, 1.807) is 4.90 Å². The first-order valence-electron chi connectivity index (χ1n) is 6.68. The zero-order valence-electron chi connectivity index (χ0n) is 11.7. The second-order valence-electron chi connectivity index (χ2n) is 5.14. The van der Waals surface area contributed by atoms with Crippen molar-refractivity contribution in [3.8, 4) is 0 Å². The van der Waals surface area contributed by atoms with Crippen LogP contribution in [0.2, 0.25) is 0 Å². The van der Waals surface area contributed by atoms with Crippen molar-refractivity contribution in [3.63, 3.8) is 0 Å². The summed E-state index contributed by atoms with van der Waals surface area (Å²) >= 11 is 4.76. The first kappa shape index (κ1) is 15.1. The molecule has 3 nitrogen and oxygen atoms in total. The van der Waals surface area contributed by atoms with Gasteiger partial charge in [0.15, 0.2) is 0 Å². The van der Waals surface area contributed by atoms with Gasteiger partial charge >= 0.3 is 0 Å². The molecule has 0 radical (unpaired) electrons. The molecule has 6 heteroatoms. The lowest BCUT2D eigenvalue weighted by atomic mass is 10.1. The van der Waals surface area contributed by atoms with Gasteiger partial charge in [-0.25, -0.2) is 8.78 Å². The Bertz CT molecular complexity index is 498. The minimum Gasteiger partial charge on any atom is -0.389 e. The Labute approximate surface area is 123 Å². The summed E-state index contributed by atoms with van der Waals surface area (Å²) in [4.78, 5) is 3.98. The molecule has 1 fully saturated rings. The third kappa shape index (κ3) is 2.91. The molecule has 20 heavy (non-hydrogen) atoms. The fraction of sp³-hybridized carbons (Fsp3) is 0.500. The summed E-state index contributed by atoms with van der Waals surface area (Å²) in [6.07, 6.45) is 0.946. The van der Waals surface area contributed by atoms with Crippen molar-refractivity contribution in [1.82, 2.24) is 4.90 Å². The number of thiocarbonyl (C=S) groups is 1. The van der Waals surface area contributed by atoms with E-state index >= 15 is 0 Å². The topological polar surface area (TPSA) is 32.5 Å². The second-order valence-corrected chi connectivity index (χ2v) is 5.58. The standard InChI is InChI=1S/C14H19F2N3S/c1-3-10-8-19(5-4-18(10)2)13-11(15)6-9(14(17)20)7-12(13)16/h6-7,10H,3-5,8H2,1-2H3,(H2,17,20). The van der Waals surface area contributed by atoms with Crippen molar-refractivity contribution in [2.45, 2.75) is 19.4 Å². The molecule has 2 N–H and O–H groups in total. The highest BCUT2D eigenvalue weighted by molar-refractivity contribution is 7.80. The average Bonchev–Trinajstić information content (AvgIpc) is 2.39. The van der Waals surface area contributed by atoms with Crippen molar-refractivity contribution in [2.24, 2.45) is 5.73 Å². The molecule has 0 aromatic heterocycles. The Morgan fingerprint density at radius 2 is 1.95 bits per heavy atom. The van der Waals surface area contributed by atoms with E-state index in [0.717, 1.165) is 13.0 Å². The van der Waals surface area contributed by atoms with Gasteiger partial charge in [-0.3, -0.25) is 4.90 Å². The van der Waals surface area contributed by atoms with Gasteiger partial charge in [0, 0.05) is 31.2 Å². The Morgan fingerprint density at radius 1 is 1.35 bits per heavy atom. The maximum absolute atomic E-state index is 14.2. The highest BCUT2D eigenvalue weighted by atomic mass is 32.1. The lowest BCUT2D eigenvalue weighted by Gasteiger charge is -2.40. The third-order valence-electron chi connectivity index (χ3n) is 3.87. The van der Waals surface area contributed by atoms with Crippen LogP contribution in [-0.2, 0) is 0 Å². The molecule has 1 aromatic rings. The van der Waals surface area contributed by atoms with E-state index in [1.807, 2.05) is 7.05 Å². The van der Waals surface area contributed by atoms with Gasteiger partial charge in [0.2, 0.25) is 0 Å².